The Morgan fingerprint density at radius 2 is 1.91 bits per heavy atom. The molecular weight excluding hydrogens is 415 g/mol. The van der Waals surface area contributed by atoms with Crippen LogP contribution in [0.5, 0.6) is 5.75 Å². The summed E-state index contributed by atoms with van der Waals surface area (Å²) in [6.45, 7) is 3.76. The van der Waals surface area contributed by atoms with Gasteiger partial charge in [-0.05, 0) is 48.6 Å². The van der Waals surface area contributed by atoms with Crippen molar-refractivity contribution in [3.05, 3.63) is 49.8 Å². The van der Waals surface area contributed by atoms with Gasteiger partial charge >= 0.3 is 0 Å². The largest absolute Gasteiger partial charge is 0.481 e. The smallest absolute Gasteiger partial charge is 0.264 e. The average molecular weight is 429 g/mol. The maximum atomic E-state index is 14.4. The van der Waals surface area contributed by atoms with Gasteiger partial charge in [0.05, 0.1) is 14.8 Å². The Hall–Kier alpha value is -1.88. The molecule has 1 heterocycles. The second kappa shape index (κ2) is 7.59. The number of nitrogens with zero attached hydrogens (tertiary/aromatic N) is 1. The van der Waals surface area contributed by atoms with Gasteiger partial charge in [-0.25, -0.2) is 8.78 Å². The lowest BCUT2D eigenvalue weighted by Gasteiger charge is -2.14. The van der Waals surface area contributed by atoms with Crippen molar-refractivity contribution in [3.8, 4) is 28.8 Å². The summed E-state index contributed by atoms with van der Waals surface area (Å²) in [7, 11) is 0. The fraction of sp³-hybridized carbons (Fsp3) is 0.235. The third kappa shape index (κ3) is 3.72. The number of hydrogen-bond donors (Lipinski definition) is 0. The highest BCUT2D eigenvalue weighted by molar-refractivity contribution is 14.1. The Kier molecular flexibility index (Phi) is 5.77. The average Bonchev–Trinajstić information content (AvgIpc) is 2.50. The lowest BCUT2D eigenvalue weighted by Crippen LogP contribution is -2.23. The van der Waals surface area contributed by atoms with Crippen LogP contribution in [0.4, 0.5) is 8.78 Å². The zero-order valence-electron chi connectivity index (χ0n) is 12.6. The van der Waals surface area contributed by atoms with E-state index in [4.69, 9.17) is 4.74 Å². The first kappa shape index (κ1) is 17.5. The molecule has 0 spiro atoms. The SMILES string of the molecule is CC#CCOc1cc(F)c(-c2ccc(I)c(=O)n2CC)c(F)c1. The van der Waals surface area contributed by atoms with E-state index in [9.17, 15) is 13.6 Å². The Morgan fingerprint density at radius 3 is 2.48 bits per heavy atom. The molecule has 1 aromatic carbocycles. The Balaban J connectivity index is 2.54. The molecule has 120 valence electrons. The predicted octanol–water partition coefficient (Wildman–Crippen LogP) is 3.82. The van der Waals surface area contributed by atoms with Gasteiger partial charge in [-0.1, -0.05) is 5.92 Å². The van der Waals surface area contributed by atoms with Crippen molar-refractivity contribution < 1.29 is 13.5 Å². The molecule has 0 bridgehead atoms. The standard InChI is InChI=1S/C17H14F2INO2/c1-3-5-8-23-11-9-12(18)16(13(19)10-11)15-7-6-14(20)17(22)21(15)4-2/h6-7,9-10H,4,8H2,1-2H3. The molecule has 2 rings (SSSR count). The van der Waals surface area contributed by atoms with E-state index in [1.807, 2.05) is 22.6 Å². The third-order valence-electron chi connectivity index (χ3n) is 3.20. The van der Waals surface area contributed by atoms with Gasteiger partial charge in [0.2, 0.25) is 0 Å². The Bertz CT molecular complexity index is 827. The molecule has 0 aliphatic heterocycles. The Labute approximate surface area is 146 Å². The summed E-state index contributed by atoms with van der Waals surface area (Å²) in [6.07, 6.45) is 0. The van der Waals surface area contributed by atoms with Gasteiger partial charge in [0.25, 0.3) is 5.56 Å². The van der Waals surface area contributed by atoms with Crippen LogP contribution in [0.2, 0.25) is 0 Å². The topological polar surface area (TPSA) is 31.2 Å². The van der Waals surface area contributed by atoms with E-state index in [0.717, 1.165) is 12.1 Å². The maximum Gasteiger partial charge on any atom is 0.264 e. The fourth-order valence-electron chi connectivity index (χ4n) is 2.15. The summed E-state index contributed by atoms with van der Waals surface area (Å²) >= 11 is 1.90. The third-order valence-corrected chi connectivity index (χ3v) is 4.02. The minimum Gasteiger partial charge on any atom is -0.481 e. The first-order valence-corrected chi connectivity index (χ1v) is 7.98. The number of benzene rings is 1. The van der Waals surface area contributed by atoms with Crippen molar-refractivity contribution in [1.29, 1.82) is 0 Å². The minimum absolute atomic E-state index is 0.0535. The number of aromatic nitrogens is 1. The van der Waals surface area contributed by atoms with E-state index in [2.05, 4.69) is 11.8 Å². The first-order valence-electron chi connectivity index (χ1n) is 6.90. The van der Waals surface area contributed by atoms with E-state index in [0.29, 0.717) is 10.1 Å². The lowest BCUT2D eigenvalue weighted by molar-refractivity contribution is 0.365. The van der Waals surface area contributed by atoms with E-state index >= 15 is 0 Å². The number of halogens is 3. The zero-order chi connectivity index (χ0) is 17.0. The Morgan fingerprint density at radius 1 is 1.26 bits per heavy atom. The van der Waals surface area contributed by atoms with Crippen molar-refractivity contribution >= 4 is 22.6 Å². The van der Waals surface area contributed by atoms with Crippen LogP contribution in [-0.4, -0.2) is 11.2 Å². The van der Waals surface area contributed by atoms with E-state index < -0.39 is 11.6 Å². The first-order chi connectivity index (χ1) is 11.0. The van der Waals surface area contributed by atoms with Crippen LogP contribution in [0.15, 0.2) is 29.1 Å². The predicted molar refractivity (Wildman–Crippen MR) is 93.4 cm³/mol. The number of pyridine rings is 1. The molecule has 6 heteroatoms. The minimum atomic E-state index is -0.785. The van der Waals surface area contributed by atoms with Gasteiger partial charge in [-0.3, -0.25) is 4.79 Å². The number of hydrogen-bond acceptors (Lipinski definition) is 2. The van der Waals surface area contributed by atoms with Gasteiger partial charge in [-0.15, -0.1) is 5.92 Å². The second-order valence-corrected chi connectivity index (χ2v) is 5.76. The molecule has 0 fully saturated rings. The second-order valence-electron chi connectivity index (χ2n) is 4.59. The maximum absolute atomic E-state index is 14.4. The van der Waals surface area contributed by atoms with Gasteiger partial charge in [0.15, 0.2) is 0 Å². The van der Waals surface area contributed by atoms with Crippen molar-refractivity contribution in [2.45, 2.75) is 20.4 Å². The van der Waals surface area contributed by atoms with Crippen LogP contribution in [0.3, 0.4) is 0 Å². The molecule has 3 nitrogen and oxygen atoms in total. The molecule has 0 saturated carbocycles. The van der Waals surface area contributed by atoms with Crippen molar-refractivity contribution in [2.24, 2.45) is 0 Å². The van der Waals surface area contributed by atoms with Gasteiger partial charge in [-0.2, -0.15) is 0 Å². The van der Waals surface area contributed by atoms with Crippen LogP contribution in [0.1, 0.15) is 13.8 Å². The van der Waals surface area contributed by atoms with Crippen molar-refractivity contribution in [2.75, 3.05) is 6.61 Å². The highest BCUT2D eigenvalue weighted by Gasteiger charge is 2.18. The summed E-state index contributed by atoms with van der Waals surface area (Å²) in [5, 5.41) is 0. The molecule has 23 heavy (non-hydrogen) atoms. The summed E-state index contributed by atoms with van der Waals surface area (Å²) in [5.74, 6) is 3.77. The molecule has 0 saturated heterocycles. The van der Waals surface area contributed by atoms with Gasteiger partial charge < -0.3 is 9.30 Å². The quantitative estimate of drug-likeness (QED) is 0.547. The molecule has 0 amide bonds. The van der Waals surface area contributed by atoms with Crippen LogP contribution >= 0.6 is 22.6 Å². The number of ether oxygens (including phenoxy) is 1. The summed E-state index contributed by atoms with van der Waals surface area (Å²) in [6, 6.07) is 5.28. The van der Waals surface area contributed by atoms with Gasteiger partial charge in [0.1, 0.15) is 24.0 Å². The van der Waals surface area contributed by atoms with E-state index in [-0.39, 0.29) is 29.2 Å². The zero-order valence-corrected chi connectivity index (χ0v) is 14.8. The summed E-state index contributed by atoms with van der Waals surface area (Å²) < 4.78 is 35.8. The molecule has 0 N–H and O–H groups in total. The molecule has 0 atom stereocenters. The molecular formula is C17H14F2INO2. The van der Waals surface area contributed by atoms with Crippen LogP contribution < -0.4 is 10.3 Å². The lowest BCUT2D eigenvalue weighted by atomic mass is 10.1. The fourth-order valence-corrected chi connectivity index (χ4v) is 2.62. The summed E-state index contributed by atoms with van der Waals surface area (Å²) in [4.78, 5) is 12.1. The molecule has 2 aromatic rings. The molecule has 1 aromatic heterocycles. The van der Waals surface area contributed by atoms with E-state index in [1.165, 1.54) is 10.6 Å². The molecule has 0 radical (unpaired) electrons. The van der Waals surface area contributed by atoms with Crippen LogP contribution in [0, 0.1) is 27.0 Å². The molecule has 0 aliphatic carbocycles. The normalized spacial score (nSPS) is 10.1. The van der Waals surface area contributed by atoms with Crippen LogP contribution in [0.25, 0.3) is 11.3 Å². The number of rotatable bonds is 4. The highest BCUT2D eigenvalue weighted by Crippen LogP contribution is 2.29. The highest BCUT2D eigenvalue weighted by atomic mass is 127. The summed E-state index contributed by atoms with van der Waals surface area (Å²) in [5.41, 5.74) is -0.315. The monoisotopic (exact) mass is 429 g/mol. The van der Waals surface area contributed by atoms with E-state index in [1.54, 1.807) is 19.9 Å². The van der Waals surface area contributed by atoms with Gasteiger partial charge in [0, 0.05) is 18.7 Å². The van der Waals surface area contributed by atoms with Crippen molar-refractivity contribution in [3.63, 3.8) is 0 Å². The van der Waals surface area contributed by atoms with Crippen molar-refractivity contribution in [1.82, 2.24) is 4.57 Å². The molecule has 0 unspecified atom stereocenters. The van der Waals surface area contributed by atoms with Crippen LogP contribution in [-0.2, 0) is 6.54 Å². The molecule has 0 aliphatic rings.